The Morgan fingerprint density at radius 3 is 2.11 bits per heavy atom. The summed E-state index contributed by atoms with van der Waals surface area (Å²) >= 11 is 0. The first-order chi connectivity index (χ1) is 17.5. The normalized spacial score (nSPS) is 13.1. The Balaban J connectivity index is 1.69. The van der Waals surface area contributed by atoms with Gasteiger partial charge in [0, 0.05) is 30.4 Å². The number of hydrogen-bond acceptors (Lipinski definition) is 6. The van der Waals surface area contributed by atoms with Crippen LogP contribution >= 0.6 is 0 Å². The highest BCUT2D eigenvalue weighted by atomic mass is 16.5. The molecule has 1 heterocycles. The standard InChI is InChI=1S/C28H38N2O6/c1-4-16-34-23-13-11-22(19-26(23)35-17-5-2)29-28(32)21-10-12-24(25(18-21)33-6-3)36-20-27(31)30-14-8-7-9-15-30/h10-13,18-19H,4-9,14-17,20H2,1-3H3,(H,29,32). The van der Waals surface area contributed by atoms with Crippen LogP contribution in [0.2, 0.25) is 0 Å². The van der Waals surface area contributed by atoms with Gasteiger partial charge in [0.05, 0.1) is 19.8 Å². The van der Waals surface area contributed by atoms with E-state index in [2.05, 4.69) is 5.32 Å². The molecule has 1 saturated heterocycles. The van der Waals surface area contributed by atoms with E-state index in [1.54, 1.807) is 36.4 Å². The van der Waals surface area contributed by atoms with E-state index < -0.39 is 0 Å². The lowest BCUT2D eigenvalue weighted by atomic mass is 10.1. The fraction of sp³-hybridized carbons (Fsp3) is 0.500. The van der Waals surface area contributed by atoms with Crippen molar-refractivity contribution in [3.05, 3.63) is 42.0 Å². The third-order valence-electron chi connectivity index (χ3n) is 5.69. The molecule has 0 bridgehead atoms. The van der Waals surface area contributed by atoms with Crippen LogP contribution in [-0.4, -0.2) is 56.2 Å². The van der Waals surface area contributed by atoms with Gasteiger partial charge in [-0.1, -0.05) is 13.8 Å². The van der Waals surface area contributed by atoms with Gasteiger partial charge in [0.2, 0.25) is 0 Å². The molecule has 1 aliphatic heterocycles. The minimum absolute atomic E-state index is 0.0357. The molecule has 0 unspecified atom stereocenters. The van der Waals surface area contributed by atoms with E-state index in [4.69, 9.17) is 18.9 Å². The monoisotopic (exact) mass is 498 g/mol. The molecule has 0 aromatic heterocycles. The number of piperidine rings is 1. The number of carbonyl (C=O) groups is 2. The molecule has 0 spiro atoms. The Hall–Kier alpha value is -3.42. The van der Waals surface area contributed by atoms with E-state index in [1.807, 2.05) is 25.7 Å². The zero-order valence-corrected chi connectivity index (χ0v) is 21.6. The lowest BCUT2D eigenvalue weighted by Gasteiger charge is -2.26. The summed E-state index contributed by atoms with van der Waals surface area (Å²) in [4.78, 5) is 27.3. The van der Waals surface area contributed by atoms with Crippen molar-refractivity contribution in [2.75, 3.05) is 44.8 Å². The molecule has 0 saturated carbocycles. The first-order valence-electron chi connectivity index (χ1n) is 12.9. The fourth-order valence-corrected chi connectivity index (χ4v) is 3.86. The number of rotatable bonds is 13. The van der Waals surface area contributed by atoms with Crippen molar-refractivity contribution >= 4 is 17.5 Å². The first-order valence-corrected chi connectivity index (χ1v) is 12.9. The summed E-state index contributed by atoms with van der Waals surface area (Å²) in [7, 11) is 0. The molecule has 3 rings (SSSR count). The molecule has 8 heteroatoms. The number of anilines is 1. The smallest absolute Gasteiger partial charge is 0.260 e. The van der Waals surface area contributed by atoms with Gasteiger partial charge in [-0.3, -0.25) is 9.59 Å². The number of hydrogen-bond donors (Lipinski definition) is 1. The Bertz CT molecular complexity index is 1000. The number of ether oxygens (including phenoxy) is 4. The summed E-state index contributed by atoms with van der Waals surface area (Å²) in [5, 5.41) is 2.91. The van der Waals surface area contributed by atoms with Gasteiger partial charge >= 0.3 is 0 Å². The second-order valence-electron chi connectivity index (χ2n) is 8.64. The Labute approximate surface area is 213 Å². The van der Waals surface area contributed by atoms with Crippen LogP contribution in [0.15, 0.2) is 36.4 Å². The zero-order chi connectivity index (χ0) is 25.8. The first kappa shape index (κ1) is 27.2. The van der Waals surface area contributed by atoms with Crippen LogP contribution in [-0.2, 0) is 4.79 Å². The molecule has 1 aliphatic rings. The van der Waals surface area contributed by atoms with Crippen LogP contribution in [0.1, 0.15) is 63.2 Å². The van der Waals surface area contributed by atoms with Gasteiger partial charge in [-0.25, -0.2) is 0 Å². The van der Waals surface area contributed by atoms with Crippen molar-refractivity contribution in [2.24, 2.45) is 0 Å². The minimum Gasteiger partial charge on any atom is -0.490 e. The van der Waals surface area contributed by atoms with Gasteiger partial charge < -0.3 is 29.2 Å². The van der Waals surface area contributed by atoms with Gasteiger partial charge in [-0.05, 0) is 69.4 Å². The summed E-state index contributed by atoms with van der Waals surface area (Å²) in [6, 6.07) is 10.3. The molecular weight excluding hydrogens is 460 g/mol. The lowest BCUT2D eigenvalue weighted by molar-refractivity contribution is -0.134. The zero-order valence-electron chi connectivity index (χ0n) is 21.6. The highest BCUT2D eigenvalue weighted by molar-refractivity contribution is 6.04. The van der Waals surface area contributed by atoms with Crippen LogP contribution in [0.4, 0.5) is 5.69 Å². The second kappa shape index (κ2) is 14.2. The van der Waals surface area contributed by atoms with Crippen molar-refractivity contribution in [1.29, 1.82) is 0 Å². The van der Waals surface area contributed by atoms with Gasteiger partial charge in [0.15, 0.2) is 29.6 Å². The predicted octanol–water partition coefficient (Wildman–Crippen LogP) is 5.31. The SMILES string of the molecule is CCCOc1ccc(NC(=O)c2ccc(OCC(=O)N3CCCCC3)c(OCC)c2)cc1OCCC. The molecule has 2 amide bonds. The number of likely N-dealkylation sites (tertiary alicyclic amines) is 1. The molecular formula is C28H38N2O6. The second-order valence-corrected chi connectivity index (χ2v) is 8.64. The van der Waals surface area contributed by atoms with Crippen molar-refractivity contribution < 1.29 is 28.5 Å². The number of amides is 2. The molecule has 196 valence electrons. The lowest BCUT2D eigenvalue weighted by Crippen LogP contribution is -2.38. The maximum Gasteiger partial charge on any atom is 0.260 e. The van der Waals surface area contributed by atoms with E-state index >= 15 is 0 Å². The minimum atomic E-state index is -0.296. The third kappa shape index (κ3) is 7.80. The van der Waals surface area contributed by atoms with Crippen LogP contribution < -0.4 is 24.3 Å². The Morgan fingerprint density at radius 2 is 1.42 bits per heavy atom. The van der Waals surface area contributed by atoms with Crippen molar-refractivity contribution in [2.45, 2.75) is 52.9 Å². The fourth-order valence-electron chi connectivity index (χ4n) is 3.86. The summed E-state index contributed by atoms with van der Waals surface area (Å²) in [6.07, 6.45) is 4.97. The van der Waals surface area contributed by atoms with E-state index in [-0.39, 0.29) is 18.4 Å². The van der Waals surface area contributed by atoms with Crippen molar-refractivity contribution in [1.82, 2.24) is 4.90 Å². The number of nitrogens with zero attached hydrogens (tertiary/aromatic N) is 1. The van der Waals surface area contributed by atoms with Crippen molar-refractivity contribution in [3.63, 3.8) is 0 Å². The topological polar surface area (TPSA) is 86.3 Å². The maximum absolute atomic E-state index is 13.0. The predicted molar refractivity (Wildman–Crippen MR) is 140 cm³/mol. The quantitative estimate of drug-likeness (QED) is 0.403. The van der Waals surface area contributed by atoms with Crippen LogP contribution in [0.3, 0.4) is 0 Å². The van der Waals surface area contributed by atoms with Crippen LogP contribution in [0.5, 0.6) is 23.0 Å². The number of nitrogens with one attached hydrogen (secondary N) is 1. The molecule has 0 radical (unpaired) electrons. The summed E-state index contributed by atoms with van der Waals surface area (Å²) in [5.74, 6) is 1.78. The largest absolute Gasteiger partial charge is 0.490 e. The van der Waals surface area contributed by atoms with Gasteiger partial charge in [-0.2, -0.15) is 0 Å². The van der Waals surface area contributed by atoms with Gasteiger partial charge in [0.1, 0.15) is 0 Å². The van der Waals surface area contributed by atoms with E-state index in [9.17, 15) is 9.59 Å². The number of carbonyl (C=O) groups excluding carboxylic acids is 2. The third-order valence-corrected chi connectivity index (χ3v) is 5.69. The summed E-state index contributed by atoms with van der Waals surface area (Å²) in [6.45, 7) is 8.97. The molecule has 2 aromatic rings. The average molecular weight is 499 g/mol. The Kier molecular flexibility index (Phi) is 10.7. The van der Waals surface area contributed by atoms with Crippen LogP contribution in [0, 0.1) is 0 Å². The number of benzene rings is 2. The molecule has 0 atom stereocenters. The molecule has 1 fully saturated rings. The van der Waals surface area contributed by atoms with Crippen LogP contribution in [0.25, 0.3) is 0 Å². The average Bonchev–Trinajstić information content (AvgIpc) is 2.91. The molecule has 36 heavy (non-hydrogen) atoms. The van der Waals surface area contributed by atoms with E-state index in [0.717, 1.165) is 45.2 Å². The highest BCUT2D eigenvalue weighted by Crippen LogP contribution is 2.32. The molecule has 2 aromatic carbocycles. The molecule has 8 nitrogen and oxygen atoms in total. The van der Waals surface area contributed by atoms with E-state index in [0.29, 0.717) is 54.1 Å². The van der Waals surface area contributed by atoms with E-state index in [1.165, 1.54) is 0 Å². The Morgan fingerprint density at radius 1 is 0.778 bits per heavy atom. The molecule has 1 N–H and O–H groups in total. The van der Waals surface area contributed by atoms with Gasteiger partial charge in [-0.15, -0.1) is 0 Å². The summed E-state index contributed by atoms with van der Waals surface area (Å²) < 4.78 is 23.1. The molecule has 0 aliphatic carbocycles. The maximum atomic E-state index is 13.0. The highest BCUT2D eigenvalue weighted by Gasteiger charge is 2.19. The van der Waals surface area contributed by atoms with Gasteiger partial charge in [0.25, 0.3) is 11.8 Å². The summed E-state index contributed by atoms with van der Waals surface area (Å²) in [5.41, 5.74) is 1.01. The van der Waals surface area contributed by atoms with Crippen molar-refractivity contribution in [3.8, 4) is 23.0 Å².